The molecule has 0 amide bonds. The lowest BCUT2D eigenvalue weighted by molar-refractivity contribution is -0.104. The van der Waals surface area contributed by atoms with E-state index in [0.717, 1.165) is 10.1 Å². The van der Waals surface area contributed by atoms with Crippen LogP contribution in [0.4, 0.5) is 0 Å². The summed E-state index contributed by atoms with van der Waals surface area (Å²) < 4.78 is 8.69. The van der Waals surface area contributed by atoms with E-state index in [1.165, 1.54) is 11.6 Å². The number of nitrogens with zero attached hydrogens (tertiary/aromatic N) is 3. The van der Waals surface area contributed by atoms with E-state index in [1.807, 2.05) is 18.2 Å². The van der Waals surface area contributed by atoms with Crippen LogP contribution >= 0.6 is 0 Å². The van der Waals surface area contributed by atoms with Crippen molar-refractivity contribution in [3.05, 3.63) is 68.5 Å². The first-order chi connectivity index (χ1) is 11.8. The summed E-state index contributed by atoms with van der Waals surface area (Å²) in [5.41, 5.74) is 1.02. The van der Waals surface area contributed by atoms with Gasteiger partial charge in [0.25, 0.3) is 5.56 Å². The summed E-state index contributed by atoms with van der Waals surface area (Å²) in [4.78, 5) is 26.6. The lowest BCUT2D eigenvalue weighted by Crippen LogP contribution is -2.54. The minimum absolute atomic E-state index is 0.0226. The summed E-state index contributed by atoms with van der Waals surface area (Å²) in [7, 11) is 3.19. The number of benzene rings is 1. The van der Waals surface area contributed by atoms with Gasteiger partial charge in [-0.1, -0.05) is 30.3 Å². The number of ether oxygens (including phenoxy) is 1. The average molecular weight is 343 g/mol. The minimum Gasteiger partial charge on any atom is -0.370 e. The van der Waals surface area contributed by atoms with Gasteiger partial charge in [-0.25, -0.2) is 4.79 Å². The zero-order chi connectivity index (χ0) is 18.2. The Hall–Kier alpha value is -2.18. The first kappa shape index (κ1) is 17.6. The van der Waals surface area contributed by atoms with Gasteiger partial charge in [-0.2, -0.15) is 0 Å². The lowest BCUT2D eigenvalue weighted by Gasteiger charge is -2.45. The Morgan fingerprint density at radius 2 is 1.84 bits per heavy atom. The molecule has 1 aliphatic heterocycles. The predicted octanol–water partition coefficient (Wildman–Crippen LogP) is 1.44. The van der Waals surface area contributed by atoms with E-state index in [9.17, 15) is 9.59 Å². The maximum absolute atomic E-state index is 12.5. The van der Waals surface area contributed by atoms with Crippen LogP contribution in [0.1, 0.15) is 31.1 Å². The van der Waals surface area contributed by atoms with Gasteiger partial charge in [-0.3, -0.25) is 14.3 Å². The van der Waals surface area contributed by atoms with Crippen LogP contribution in [0.15, 0.2) is 46.1 Å². The van der Waals surface area contributed by atoms with E-state index in [1.54, 1.807) is 13.2 Å². The Labute approximate surface area is 147 Å². The highest BCUT2D eigenvalue weighted by Gasteiger charge is 2.36. The second-order valence-electron chi connectivity index (χ2n) is 7.32. The van der Waals surface area contributed by atoms with Crippen LogP contribution in [0.2, 0.25) is 0 Å². The molecule has 6 nitrogen and oxygen atoms in total. The summed E-state index contributed by atoms with van der Waals surface area (Å²) in [6.45, 7) is 5.99. The van der Waals surface area contributed by atoms with Crippen molar-refractivity contribution in [2.24, 2.45) is 14.1 Å². The molecule has 0 aliphatic carbocycles. The fourth-order valence-electron chi connectivity index (χ4n) is 3.24. The number of hydrogen-bond acceptors (Lipinski definition) is 4. The Morgan fingerprint density at radius 3 is 2.52 bits per heavy atom. The van der Waals surface area contributed by atoms with E-state index < -0.39 is 0 Å². The number of rotatable bonds is 3. The molecule has 0 N–H and O–H groups in total. The van der Waals surface area contributed by atoms with Crippen LogP contribution in [0.5, 0.6) is 0 Å². The molecule has 0 spiro atoms. The fraction of sp³-hybridized carbons (Fsp3) is 0.474. The maximum Gasteiger partial charge on any atom is 0.330 e. The van der Waals surface area contributed by atoms with Gasteiger partial charge in [0.1, 0.15) is 0 Å². The van der Waals surface area contributed by atoms with Crippen molar-refractivity contribution >= 4 is 0 Å². The molecule has 2 heterocycles. The monoisotopic (exact) mass is 343 g/mol. The Kier molecular flexibility index (Phi) is 4.67. The molecule has 0 radical (unpaired) electrons. The van der Waals surface area contributed by atoms with Crippen molar-refractivity contribution in [3.63, 3.8) is 0 Å². The third kappa shape index (κ3) is 3.45. The van der Waals surface area contributed by atoms with Gasteiger partial charge in [0.05, 0.1) is 12.7 Å². The quantitative estimate of drug-likeness (QED) is 0.846. The third-order valence-corrected chi connectivity index (χ3v) is 4.93. The van der Waals surface area contributed by atoms with Gasteiger partial charge >= 0.3 is 5.69 Å². The van der Waals surface area contributed by atoms with E-state index in [2.05, 4.69) is 30.9 Å². The normalized spacial score (nSPS) is 20.6. The van der Waals surface area contributed by atoms with Crippen LogP contribution in [-0.2, 0) is 25.4 Å². The molecule has 134 valence electrons. The molecule has 0 bridgehead atoms. The van der Waals surface area contributed by atoms with Gasteiger partial charge in [-0.05, 0) is 19.4 Å². The lowest BCUT2D eigenvalue weighted by atomic mass is 9.97. The molecule has 25 heavy (non-hydrogen) atoms. The second kappa shape index (κ2) is 6.61. The van der Waals surface area contributed by atoms with Crippen molar-refractivity contribution in [1.29, 1.82) is 0 Å². The molecule has 6 heteroatoms. The van der Waals surface area contributed by atoms with Gasteiger partial charge in [-0.15, -0.1) is 0 Å². The summed E-state index contributed by atoms with van der Waals surface area (Å²) in [6.07, 6.45) is 1.62. The third-order valence-electron chi connectivity index (χ3n) is 4.93. The van der Waals surface area contributed by atoms with E-state index in [-0.39, 0.29) is 22.9 Å². The second-order valence-corrected chi connectivity index (χ2v) is 7.32. The highest BCUT2D eigenvalue weighted by molar-refractivity contribution is 5.19. The van der Waals surface area contributed by atoms with Crippen molar-refractivity contribution < 1.29 is 4.74 Å². The Morgan fingerprint density at radius 1 is 1.16 bits per heavy atom. The van der Waals surface area contributed by atoms with E-state index in [0.29, 0.717) is 25.3 Å². The Balaban J connectivity index is 1.89. The van der Waals surface area contributed by atoms with Crippen molar-refractivity contribution in [2.45, 2.75) is 32.0 Å². The average Bonchev–Trinajstić information content (AvgIpc) is 2.60. The molecular formula is C19H25N3O3. The summed E-state index contributed by atoms with van der Waals surface area (Å²) in [6, 6.07) is 10.1. The SMILES string of the molecule is Cn1cc(CN2C[C@@H](c3ccccc3)OCC2(C)C)c(=O)n(C)c1=O. The van der Waals surface area contributed by atoms with Crippen molar-refractivity contribution in [3.8, 4) is 0 Å². The molecular weight excluding hydrogens is 318 g/mol. The zero-order valence-corrected chi connectivity index (χ0v) is 15.2. The molecule has 1 aromatic carbocycles. The van der Waals surface area contributed by atoms with Gasteiger partial charge < -0.3 is 9.30 Å². The van der Waals surface area contributed by atoms with Crippen LogP contribution in [0.3, 0.4) is 0 Å². The standard InChI is InChI=1S/C19H25N3O3/c1-19(2)13-25-16(14-8-6-5-7-9-14)12-22(19)11-15-10-20(3)18(24)21(4)17(15)23/h5-10,16H,11-13H2,1-4H3/t16-/m0/s1. The van der Waals surface area contributed by atoms with Gasteiger partial charge in [0, 0.05) is 44.5 Å². The first-order valence-corrected chi connectivity index (χ1v) is 8.47. The topological polar surface area (TPSA) is 56.5 Å². The molecule has 3 rings (SSSR count). The van der Waals surface area contributed by atoms with Gasteiger partial charge in [0.2, 0.25) is 0 Å². The number of morpholine rings is 1. The Bertz CT molecular complexity index is 868. The molecule has 0 unspecified atom stereocenters. The summed E-state index contributed by atoms with van der Waals surface area (Å²) in [5, 5.41) is 0. The number of aromatic nitrogens is 2. The zero-order valence-electron chi connectivity index (χ0n) is 15.2. The molecule has 1 fully saturated rings. The van der Waals surface area contributed by atoms with E-state index in [4.69, 9.17) is 4.74 Å². The molecule has 2 aromatic rings. The molecule has 1 aromatic heterocycles. The number of aryl methyl sites for hydroxylation is 1. The van der Waals surface area contributed by atoms with Crippen LogP contribution in [-0.4, -0.2) is 32.7 Å². The van der Waals surface area contributed by atoms with Gasteiger partial charge in [0.15, 0.2) is 0 Å². The highest BCUT2D eigenvalue weighted by Crippen LogP contribution is 2.30. The smallest absolute Gasteiger partial charge is 0.330 e. The summed E-state index contributed by atoms with van der Waals surface area (Å²) >= 11 is 0. The fourth-order valence-corrected chi connectivity index (χ4v) is 3.24. The van der Waals surface area contributed by atoms with Crippen molar-refractivity contribution in [2.75, 3.05) is 13.2 Å². The van der Waals surface area contributed by atoms with Crippen LogP contribution < -0.4 is 11.2 Å². The minimum atomic E-state index is -0.308. The maximum atomic E-state index is 12.5. The summed E-state index contributed by atoms with van der Waals surface area (Å²) in [5.74, 6) is 0. The molecule has 0 saturated carbocycles. The number of hydrogen-bond donors (Lipinski definition) is 0. The van der Waals surface area contributed by atoms with Crippen LogP contribution in [0, 0.1) is 0 Å². The predicted molar refractivity (Wildman–Crippen MR) is 96.5 cm³/mol. The molecule has 1 aliphatic rings. The first-order valence-electron chi connectivity index (χ1n) is 8.47. The highest BCUT2D eigenvalue weighted by atomic mass is 16.5. The van der Waals surface area contributed by atoms with Crippen molar-refractivity contribution in [1.82, 2.24) is 14.0 Å². The molecule has 1 atom stereocenters. The largest absolute Gasteiger partial charge is 0.370 e. The van der Waals surface area contributed by atoms with E-state index >= 15 is 0 Å². The molecule has 1 saturated heterocycles. The van der Waals surface area contributed by atoms with Crippen LogP contribution in [0.25, 0.3) is 0 Å².